The zero-order chi connectivity index (χ0) is 14.5. The molecule has 0 bridgehead atoms. The maximum Gasteiger partial charge on any atom is 0.244 e. The van der Waals surface area contributed by atoms with Crippen LogP contribution in [0.2, 0.25) is 5.02 Å². The van der Waals surface area contributed by atoms with Gasteiger partial charge in [0.25, 0.3) is 0 Å². The lowest BCUT2D eigenvalue weighted by atomic mass is 10.2. The van der Waals surface area contributed by atoms with E-state index in [1.165, 1.54) is 12.1 Å². The predicted molar refractivity (Wildman–Crippen MR) is 74.1 cm³/mol. The van der Waals surface area contributed by atoms with Gasteiger partial charge in [-0.2, -0.15) is 0 Å². The second-order valence-corrected chi connectivity index (χ2v) is 6.09. The second kappa shape index (κ2) is 6.74. The highest BCUT2D eigenvalue weighted by atomic mass is 35.5. The molecule has 1 amide bonds. The Morgan fingerprint density at radius 2 is 2.00 bits per heavy atom. The first-order valence-corrected chi connectivity index (χ1v) is 7.52. The molecule has 0 spiro atoms. The van der Waals surface area contributed by atoms with Crippen LogP contribution < -0.4 is 16.2 Å². The number of hydrogen-bond acceptors (Lipinski definition) is 4. The summed E-state index contributed by atoms with van der Waals surface area (Å²) in [7, 11) is -3.75. The molecule has 0 aromatic heterocycles. The number of sulfonamides is 1. The molecule has 1 aromatic rings. The summed E-state index contributed by atoms with van der Waals surface area (Å²) in [6.07, 6.45) is 1.26. The van der Waals surface area contributed by atoms with Gasteiger partial charge in [0, 0.05) is 13.0 Å². The van der Waals surface area contributed by atoms with Crippen LogP contribution in [0.25, 0.3) is 0 Å². The van der Waals surface area contributed by atoms with Gasteiger partial charge >= 0.3 is 0 Å². The highest BCUT2D eigenvalue weighted by Gasteiger charge is 2.20. The number of nitrogen functional groups attached to an aromatic ring is 1. The van der Waals surface area contributed by atoms with Gasteiger partial charge < -0.3 is 11.5 Å². The smallest absolute Gasteiger partial charge is 0.244 e. The molecular formula is C11H16ClN3O3S. The number of rotatable bonds is 7. The normalized spacial score (nSPS) is 11.4. The fraction of sp³-hybridized carbons (Fsp3) is 0.364. The van der Waals surface area contributed by atoms with E-state index in [4.69, 9.17) is 23.1 Å². The number of primary amides is 1. The maximum atomic E-state index is 12.0. The van der Waals surface area contributed by atoms with Crippen molar-refractivity contribution in [3.63, 3.8) is 0 Å². The Bertz CT molecular complexity index is 540. The van der Waals surface area contributed by atoms with Crippen molar-refractivity contribution in [1.82, 2.24) is 4.72 Å². The Morgan fingerprint density at radius 1 is 1.32 bits per heavy atom. The molecule has 8 heteroatoms. The second-order valence-electron chi connectivity index (χ2n) is 3.98. The molecule has 0 saturated heterocycles. The Morgan fingerprint density at radius 3 is 2.58 bits per heavy atom. The number of anilines is 1. The number of unbranched alkanes of at least 4 members (excludes halogenated alkanes) is 1. The Hall–Kier alpha value is -1.31. The average Bonchev–Trinajstić information content (AvgIpc) is 2.27. The third-order valence-corrected chi connectivity index (χ3v) is 4.41. The van der Waals surface area contributed by atoms with Gasteiger partial charge in [0.15, 0.2) is 0 Å². The summed E-state index contributed by atoms with van der Waals surface area (Å²) in [6, 6.07) is 4.50. The lowest BCUT2D eigenvalue weighted by Gasteiger charge is -2.10. The van der Waals surface area contributed by atoms with Gasteiger partial charge in [-0.25, -0.2) is 13.1 Å². The summed E-state index contributed by atoms with van der Waals surface area (Å²) >= 11 is 5.84. The van der Waals surface area contributed by atoms with E-state index in [2.05, 4.69) is 4.72 Å². The van der Waals surface area contributed by atoms with Crippen molar-refractivity contribution in [3.8, 4) is 0 Å². The summed E-state index contributed by atoms with van der Waals surface area (Å²) in [6.45, 7) is 0.195. The molecule has 0 atom stereocenters. The molecule has 0 aliphatic heterocycles. The molecule has 0 heterocycles. The summed E-state index contributed by atoms with van der Waals surface area (Å²) < 4.78 is 26.4. The van der Waals surface area contributed by atoms with Gasteiger partial charge in [-0.1, -0.05) is 17.7 Å². The molecular weight excluding hydrogens is 290 g/mol. The Labute approximate surface area is 117 Å². The first kappa shape index (κ1) is 15.7. The maximum absolute atomic E-state index is 12.0. The molecule has 6 nitrogen and oxygen atoms in total. The van der Waals surface area contributed by atoms with Gasteiger partial charge in [0.1, 0.15) is 4.90 Å². The number of carbonyl (C=O) groups is 1. The van der Waals surface area contributed by atoms with Crippen LogP contribution in [-0.4, -0.2) is 20.9 Å². The number of nitrogens with one attached hydrogen (secondary N) is 1. The van der Waals surface area contributed by atoms with E-state index in [-0.39, 0.29) is 28.6 Å². The van der Waals surface area contributed by atoms with Crippen molar-refractivity contribution in [2.45, 2.75) is 24.2 Å². The van der Waals surface area contributed by atoms with Crippen LogP contribution >= 0.6 is 11.6 Å². The van der Waals surface area contributed by atoms with Crippen LogP contribution in [0, 0.1) is 0 Å². The molecule has 0 saturated carbocycles. The molecule has 0 aliphatic carbocycles. The van der Waals surface area contributed by atoms with Crippen LogP contribution in [0.4, 0.5) is 5.69 Å². The zero-order valence-corrected chi connectivity index (χ0v) is 11.8. The highest BCUT2D eigenvalue weighted by Crippen LogP contribution is 2.26. The summed E-state index contributed by atoms with van der Waals surface area (Å²) in [5.41, 5.74) is 10.7. The molecule has 106 valence electrons. The fourth-order valence-electron chi connectivity index (χ4n) is 1.51. The van der Waals surface area contributed by atoms with Crippen molar-refractivity contribution >= 4 is 33.2 Å². The quantitative estimate of drug-likeness (QED) is 0.511. The van der Waals surface area contributed by atoms with Crippen molar-refractivity contribution in [2.75, 3.05) is 12.3 Å². The number of benzene rings is 1. The van der Waals surface area contributed by atoms with E-state index in [9.17, 15) is 13.2 Å². The monoisotopic (exact) mass is 305 g/mol. The minimum atomic E-state index is -3.75. The number of nitrogens with two attached hydrogens (primary N) is 2. The number of amides is 1. The minimum Gasteiger partial charge on any atom is -0.398 e. The molecule has 0 unspecified atom stereocenters. The van der Waals surface area contributed by atoms with Gasteiger partial charge in [-0.3, -0.25) is 4.79 Å². The predicted octanol–water partition coefficient (Wildman–Crippen LogP) is 0.856. The lowest BCUT2D eigenvalue weighted by Crippen LogP contribution is -2.26. The third-order valence-electron chi connectivity index (χ3n) is 2.41. The van der Waals surface area contributed by atoms with Crippen molar-refractivity contribution in [3.05, 3.63) is 23.2 Å². The van der Waals surface area contributed by atoms with E-state index < -0.39 is 15.9 Å². The number of halogens is 1. The van der Waals surface area contributed by atoms with Crippen LogP contribution in [0.15, 0.2) is 23.1 Å². The topological polar surface area (TPSA) is 115 Å². The Balaban J connectivity index is 2.64. The summed E-state index contributed by atoms with van der Waals surface area (Å²) in [5.74, 6) is -0.404. The highest BCUT2D eigenvalue weighted by molar-refractivity contribution is 7.89. The lowest BCUT2D eigenvalue weighted by molar-refractivity contribution is -0.118. The fourth-order valence-corrected chi connectivity index (χ4v) is 3.26. The third kappa shape index (κ3) is 4.70. The first-order chi connectivity index (χ1) is 8.84. The van der Waals surface area contributed by atoms with E-state index in [1.807, 2.05) is 0 Å². The van der Waals surface area contributed by atoms with E-state index in [0.717, 1.165) is 0 Å². The molecule has 1 aromatic carbocycles. The van der Waals surface area contributed by atoms with Crippen LogP contribution in [0.3, 0.4) is 0 Å². The first-order valence-electron chi connectivity index (χ1n) is 5.66. The van der Waals surface area contributed by atoms with Crippen LogP contribution in [0.1, 0.15) is 19.3 Å². The molecule has 0 aliphatic rings. The zero-order valence-electron chi connectivity index (χ0n) is 10.2. The Kier molecular flexibility index (Phi) is 5.59. The summed E-state index contributed by atoms with van der Waals surface area (Å²) in [5, 5.41) is 0.0737. The van der Waals surface area contributed by atoms with Gasteiger partial charge in [-0.15, -0.1) is 0 Å². The van der Waals surface area contributed by atoms with Gasteiger partial charge in [0.05, 0.1) is 10.7 Å². The van der Waals surface area contributed by atoms with Crippen molar-refractivity contribution in [2.24, 2.45) is 5.73 Å². The molecule has 0 fully saturated rings. The molecule has 5 N–H and O–H groups in total. The van der Waals surface area contributed by atoms with E-state index >= 15 is 0 Å². The van der Waals surface area contributed by atoms with Crippen molar-refractivity contribution in [1.29, 1.82) is 0 Å². The van der Waals surface area contributed by atoms with Crippen LogP contribution in [0.5, 0.6) is 0 Å². The molecule has 0 radical (unpaired) electrons. The van der Waals surface area contributed by atoms with Gasteiger partial charge in [0.2, 0.25) is 15.9 Å². The number of hydrogen-bond donors (Lipinski definition) is 3. The molecule has 19 heavy (non-hydrogen) atoms. The average molecular weight is 306 g/mol. The largest absolute Gasteiger partial charge is 0.398 e. The van der Waals surface area contributed by atoms with Crippen molar-refractivity contribution < 1.29 is 13.2 Å². The number of carbonyl (C=O) groups excluding carboxylic acids is 1. The standard InChI is InChI=1S/C11H16ClN3O3S/c12-8-4-3-5-9(13)11(8)19(17,18)15-7-2-1-6-10(14)16/h3-5,15H,1-2,6-7,13H2,(H2,14,16). The SMILES string of the molecule is NC(=O)CCCCNS(=O)(=O)c1c(N)cccc1Cl. The van der Waals surface area contributed by atoms with Crippen LogP contribution in [-0.2, 0) is 14.8 Å². The summed E-state index contributed by atoms with van der Waals surface area (Å²) in [4.78, 5) is 10.4. The van der Waals surface area contributed by atoms with E-state index in [0.29, 0.717) is 12.8 Å². The minimum absolute atomic E-state index is 0.0737. The van der Waals surface area contributed by atoms with Gasteiger partial charge in [-0.05, 0) is 25.0 Å². The molecule has 1 rings (SSSR count). The van der Waals surface area contributed by atoms with E-state index in [1.54, 1.807) is 6.07 Å².